The maximum absolute atomic E-state index is 10.9. The lowest BCUT2D eigenvalue weighted by molar-refractivity contribution is -0.138. The fraction of sp³-hybridized carbons (Fsp3) is 0.611. The van der Waals surface area contributed by atoms with Crippen molar-refractivity contribution in [1.29, 1.82) is 0 Å². The maximum atomic E-state index is 10.9. The Morgan fingerprint density at radius 3 is 2.77 bits per heavy atom. The molecule has 1 aromatic carbocycles. The highest BCUT2D eigenvalue weighted by atomic mass is 16.4. The Balaban J connectivity index is 1.91. The standard InChI is InChI=1S/C18H28N2O2/c1-14-6-7-16(15(2)11-14)12-20-9-4-5-17(8-10-20)19(3)13-18(21)22/h6-7,11,17H,4-5,8-10,12-13H2,1-3H3,(H,21,22). The summed E-state index contributed by atoms with van der Waals surface area (Å²) in [6.45, 7) is 7.60. The van der Waals surface area contributed by atoms with Gasteiger partial charge in [0.05, 0.1) is 6.54 Å². The Morgan fingerprint density at radius 1 is 1.32 bits per heavy atom. The van der Waals surface area contributed by atoms with Crippen LogP contribution in [0.4, 0.5) is 0 Å². The number of aliphatic carboxylic acids is 1. The van der Waals surface area contributed by atoms with Gasteiger partial charge in [-0.15, -0.1) is 0 Å². The van der Waals surface area contributed by atoms with Crippen LogP contribution in [0.25, 0.3) is 0 Å². The molecule has 4 nitrogen and oxygen atoms in total. The molecule has 0 radical (unpaired) electrons. The van der Waals surface area contributed by atoms with Crippen LogP contribution >= 0.6 is 0 Å². The number of aryl methyl sites for hydroxylation is 2. The monoisotopic (exact) mass is 304 g/mol. The van der Waals surface area contributed by atoms with Gasteiger partial charge >= 0.3 is 5.97 Å². The minimum atomic E-state index is -0.737. The number of hydrogen-bond acceptors (Lipinski definition) is 3. The van der Waals surface area contributed by atoms with Crippen LogP contribution in [0.15, 0.2) is 18.2 Å². The van der Waals surface area contributed by atoms with E-state index in [1.807, 2.05) is 11.9 Å². The zero-order chi connectivity index (χ0) is 16.1. The van der Waals surface area contributed by atoms with Crippen molar-refractivity contribution in [3.05, 3.63) is 34.9 Å². The van der Waals surface area contributed by atoms with Gasteiger partial charge in [0.15, 0.2) is 0 Å². The van der Waals surface area contributed by atoms with E-state index in [1.54, 1.807) is 0 Å². The maximum Gasteiger partial charge on any atom is 0.317 e. The zero-order valence-electron chi connectivity index (χ0n) is 14.0. The van der Waals surface area contributed by atoms with E-state index in [1.165, 1.54) is 16.7 Å². The number of carbonyl (C=O) groups is 1. The number of nitrogens with zero attached hydrogens (tertiary/aromatic N) is 2. The predicted octanol–water partition coefficient (Wildman–Crippen LogP) is 2.67. The quantitative estimate of drug-likeness (QED) is 0.908. The first kappa shape index (κ1) is 17.0. The molecule has 1 aliphatic rings. The molecule has 0 spiro atoms. The molecule has 2 rings (SSSR count). The third-order valence-corrected chi connectivity index (χ3v) is 4.69. The van der Waals surface area contributed by atoms with Crippen molar-refractivity contribution < 1.29 is 9.90 Å². The Bertz CT molecular complexity index is 516. The summed E-state index contributed by atoms with van der Waals surface area (Å²) in [6, 6.07) is 7.06. The van der Waals surface area contributed by atoms with E-state index in [0.29, 0.717) is 6.04 Å². The topological polar surface area (TPSA) is 43.8 Å². The number of carboxylic acids is 1. The van der Waals surface area contributed by atoms with E-state index >= 15 is 0 Å². The van der Waals surface area contributed by atoms with Gasteiger partial charge in [0, 0.05) is 12.6 Å². The number of rotatable bonds is 5. The summed E-state index contributed by atoms with van der Waals surface area (Å²) in [6.07, 6.45) is 3.28. The molecule has 22 heavy (non-hydrogen) atoms. The molecule has 1 unspecified atom stereocenters. The molecule has 1 fully saturated rings. The molecule has 0 aliphatic carbocycles. The number of likely N-dealkylation sites (tertiary alicyclic amines) is 1. The van der Waals surface area contributed by atoms with Crippen molar-refractivity contribution in [2.24, 2.45) is 0 Å². The molecule has 1 N–H and O–H groups in total. The summed E-state index contributed by atoms with van der Waals surface area (Å²) in [5, 5.41) is 8.93. The third-order valence-electron chi connectivity index (χ3n) is 4.69. The second-order valence-electron chi connectivity index (χ2n) is 6.60. The summed E-state index contributed by atoms with van der Waals surface area (Å²) in [5.41, 5.74) is 4.08. The van der Waals surface area contributed by atoms with Gasteiger partial charge in [-0.05, 0) is 64.4 Å². The number of likely N-dealkylation sites (N-methyl/N-ethyl adjacent to an activating group) is 1. The normalized spacial score (nSPS) is 20.1. The molecule has 1 atom stereocenters. The van der Waals surface area contributed by atoms with Crippen LogP contribution in [0.5, 0.6) is 0 Å². The lowest BCUT2D eigenvalue weighted by Gasteiger charge is -2.26. The van der Waals surface area contributed by atoms with Gasteiger partial charge in [0.1, 0.15) is 0 Å². The average molecular weight is 304 g/mol. The van der Waals surface area contributed by atoms with Crippen molar-refractivity contribution in [3.8, 4) is 0 Å². The van der Waals surface area contributed by atoms with Crippen LogP contribution in [0.1, 0.15) is 36.0 Å². The highest BCUT2D eigenvalue weighted by molar-refractivity contribution is 5.69. The zero-order valence-corrected chi connectivity index (χ0v) is 14.0. The highest BCUT2D eigenvalue weighted by Gasteiger charge is 2.21. The second-order valence-corrected chi connectivity index (χ2v) is 6.60. The average Bonchev–Trinajstić information content (AvgIpc) is 2.67. The SMILES string of the molecule is Cc1ccc(CN2CCCC(N(C)CC(=O)O)CC2)c(C)c1. The van der Waals surface area contributed by atoms with E-state index in [4.69, 9.17) is 5.11 Å². The molecular weight excluding hydrogens is 276 g/mol. The van der Waals surface area contributed by atoms with Crippen LogP contribution in [0, 0.1) is 13.8 Å². The minimum Gasteiger partial charge on any atom is -0.480 e. The molecule has 0 saturated carbocycles. The van der Waals surface area contributed by atoms with Crippen LogP contribution in [-0.2, 0) is 11.3 Å². The predicted molar refractivity (Wildman–Crippen MR) is 89.1 cm³/mol. The lowest BCUT2D eigenvalue weighted by Crippen LogP contribution is -2.36. The second kappa shape index (κ2) is 7.75. The molecule has 122 valence electrons. The first-order valence-electron chi connectivity index (χ1n) is 8.16. The number of hydrogen-bond donors (Lipinski definition) is 1. The van der Waals surface area contributed by atoms with Gasteiger partial charge in [-0.3, -0.25) is 14.6 Å². The minimum absolute atomic E-state index is 0.141. The fourth-order valence-corrected chi connectivity index (χ4v) is 3.34. The van der Waals surface area contributed by atoms with Crippen LogP contribution < -0.4 is 0 Å². The van der Waals surface area contributed by atoms with Crippen molar-refractivity contribution in [2.75, 3.05) is 26.7 Å². The summed E-state index contributed by atoms with van der Waals surface area (Å²) in [4.78, 5) is 15.4. The highest BCUT2D eigenvalue weighted by Crippen LogP contribution is 2.19. The van der Waals surface area contributed by atoms with Gasteiger partial charge in [-0.25, -0.2) is 0 Å². The van der Waals surface area contributed by atoms with Gasteiger partial charge < -0.3 is 5.11 Å². The van der Waals surface area contributed by atoms with Crippen molar-refractivity contribution in [2.45, 2.75) is 45.7 Å². The molecule has 0 aromatic heterocycles. The first-order valence-corrected chi connectivity index (χ1v) is 8.16. The number of benzene rings is 1. The van der Waals surface area contributed by atoms with Crippen LogP contribution in [0.3, 0.4) is 0 Å². The fourth-order valence-electron chi connectivity index (χ4n) is 3.34. The van der Waals surface area contributed by atoms with E-state index in [-0.39, 0.29) is 6.54 Å². The molecular formula is C18H28N2O2. The first-order chi connectivity index (χ1) is 10.5. The molecule has 1 heterocycles. The molecule has 1 saturated heterocycles. The van der Waals surface area contributed by atoms with E-state index in [2.05, 4.69) is 36.9 Å². The van der Waals surface area contributed by atoms with E-state index < -0.39 is 5.97 Å². The number of carboxylic acid groups (broad SMARTS) is 1. The van der Waals surface area contributed by atoms with E-state index in [9.17, 15) is 4.79 Å². The molecule has 1 aromatic rings. The Morgan fingerprint density at radius 2 is 2.09 bits per heavy atom. The van der Waals surface area contributed by atoms with Crippen molar-refractivity contribution in [3.63, 3.8) is 0 Å². The van der Waals surface area contributed by atoms with Crippen molar-refractivity contribution in [1.82, 2.24) is 9.80 Å². The third kappa shape index (κ3) is 4.82. The smallest absolute Gasteiger partial charge is 0.317 e. The van der Waals surface area contributed by atoms with Crippen molar-refractivity contribution >= 4 is 5.97 Å². The summed E-state index contributed by atoms with van der Waals surface area (Å²) < 4.78 is 0. The summed E-state index contributed by atoms with van der Waals surface area (Å²) >= 11 is 0. The molecule has 1 aliphatic heterocycles. The molecule has 0 amide bonds. The van der Waals surface area contributed by atoms with Gasteiger partial charge in [-0.1, -0.05) is 23.8 Å². The lowest BCUT2D eigenvalue weighted by atomic mass is 10.1. The van der Waals surface area contributed by atoms with Crippen LogP contribution in [-0.4, -0.2) is 53.6 Å². The Labute approximate surface area is 133 Å². The summed E-state index contributed by atoms with van der Waals surface area (Å²) in [7, 11) is 1.93. The molecule has 0 bridgehead atoms. The Kier molecular flexibility index (Phi) is 5.98. The van der Waals surface area contributed by atoms with Gasteiger partial charge in [0.25, 0.3) is 0 Å². The Hall–Kier alpha value is -1.39. The van der Waals surface area contributed by atoms with Crippen LogP contribution in [0.2, 0.25) is 0 Å². The summed E-state index contributed by atoms with van der Waals surface area (Å²) in [5.74, 6) is -0.737. The van der Waals surface area contributed by atoms with E-state index in [0.717, 1.165) is 38.9 Å². The molecule has 4 heteroatoms. The van der Waals surface area contributed by atoms with Gasteiger partial charge in [-0.2, -0.15) is 0 Å². The van der Waals surface area contributed by atoms with Gasteiger partial charge in [0.2, 0.25) is 0 Å². The largest absolute Gasteiger partial charge is 0.480 e.